The number of Topliss-reactive ketones (excluding diaryl/α,β-unsaturated/α-hetero) is 1. The van der Waals surface area contributed by atoms with Gasteiger partial charge in [-0.05, 0) is 73.5 Å². The summed E-state index contributed by atoms with van der Waals surface area (Å²) in [7, 11) is 0. The maximum absolute atomic E-state index is 12.1. The maximum atomic E-state index is 12.1. The highest BCUT2D eigenvalue weighted by molar-refractivity contribution is 6.01. The topological polar surface area (TPSA) is 34.1 Å². The number of ketones is 2. The molecule has 0 spiro atoms. The minimum absolute atomic E-state index is 0.118. The number of fused-ring (bicyclic) bond motifs is 5. The molecule has 4 aliphatic carbocycles. The molecule has 22 heavy (non-hydrogen) atoms. The van der Waals surface area contributed by atoms with Gasteiger partial charge >= 0.3 is 0 Å². The second-order valence-electron chi connectivity index (χ2n) is 7.92. The average molecular weight is 296 g/mol. The number of carbonyl (C=O) groups excluding carboxylic acids is 2. The molecule has 0 amide bonds. The van der Waals surface area contributed by atoms with E-state index in [9.17, 15) is 9.59 Å². The summed E-state index contributed by atoms with van der Waals surface area (Å²) in [5.74, 6) is 2.98. The zero-order valence-corrected chi connectivity index (χ0v) is 13.4. The first-order chi connectivity index (χ1) is 10.5. The normalized spacial score (nSPS) is 45.8. The van der Waals surface area contributed by atoms with Crippen molar-refractivity contribution in [1.29, 1.82) is 0 Å². The predicted octanol–water partition coefficient (Wildman–Crippen LogP) is 3.89. The van der Waals surface area contributed by atoms with Gasteiger partial charge in [0.25, 0.3) is 0 Å². The summed E-state index contributed by atoms with van der Waals surface area (Å²) in [4.78, 5) is 23.6. The maximum Gasteiger partial charge on any atom is 0.178 e. The fourth-order valence-corrected chi connectivity index (χ4v) is 5.98. The molecular weight excluding hydrogens is 272 g/mol. The highest BCUT2D eigenvalue weighted by Crippen LogP contribution is 2.62. The molecule has 4 aliphatic rings. The van der Waals surface area contributed by atoms with E-state index in [1.807, 2.05) is 0 Å². The van der Waals surface area contributed by atoms with Gasteiger partial charge in [-0.3, -0.25) is 9.59 Å². The predicted molar refractivity (Wildman–Crippen MR) is 86.1 cm³/mol. The zero-order valence-electron chi connectivity index (χ0n) is 13.4. The molecule has 116 valence electrons. The first-order valence-electron chi connectivity index (χ1n) is 8.63. The molecule has 0 aromatic heterocycles. The van der Waals surface area contributed by atoms with Crippen LogP contribution in [-0.2, 0) is 9.59 Å². The molecule has 0 radical (unpaired) electrons. The smallest absolute Gasteiger partial charge is 0.178 e. The van der Waals surface area contributed by atoms with Crippen LogP contribution in [0.25, 0.3) is 0 Å². The minimum Gasteiger partial charge on any atom is -0.300 e. The van der Waals surface area contributed by atoms with Gasteiger partial charge in [-0.2, -0.15) is 0 Å². The van der Waals surface area contributed by atoms with Gasteiger partial charge in [-0.15, -0.1) is 0 Å². The van der Waals surface area contributed by atoms with Crippen molar-refractivity contribution in [3.63, 3.8) is 0 Å². The van der Waals surface area contributed by atoms with Gasteiger partial charge in [0, 0.05) is 11.8 Å². The van der Waals surface area contributed by atoms with Crippen LogP contribution >= 0.6 is 0 Å². The summed E-state index contributed by atoms with van der Waals surface area (Å²) in [5, 5.41) is 0. The van der Waals surface area contributed by atoms with Crippen LogP contribution in [-0.4, -0.2) is 11.6 Å². The van der Waals surface area contributed by atoms with Gasteiger partial charge in [0.2, 0.25) is 0 Å². The molecule has 0 heterocycles. The minimum atomic E-state index is 0.118. The van der Waals surface area contributed by atoms with Crippen molar-refractivity contribution in [3.8, 4) is 0 Å². The van der Waals surface area contributed by atoms with E-state index in [2.05, 4.69) is 25.2 Å². The van der Waals surface area contributed by atoms with Gasteiger partial charge in [0.15, 0.2) is 5.78 Å². The summed E-state index contributed by atoms with van der Waals surface area (Å²) in [5.41, 5.74) is 1.38. The van der Waals surface area contributed by atoms with Crippen molar-refractivity contribution in [2.75, 3.05) is 0 Å². The zero-order chi connectivity index (χ0) is 15.5. The van der Waals surface area contributed by atoms with Crippen LogP contribution in [0, 0.1) is 35.0 Å². The van der Waals surface area contributed by atoms with E-state index < -0.39 is 0 Å². The molecular formula is C20H24O2. The van der Waals surface area contributed by atoms with Gasteiger partial charge in [-0.1, -0.05) is 25.2 Å². The second-order valence-corrected chi connectivity index (χ2v) is 7.92. The summed E-state index contributed by atoms with van der Waals surface area (Å²) in [6.45, 7) is 4.13. The van der Waals surface area contributed by atoms with Gasteiger partial charge < -0.3 is 0 Å². The molecule has 2 fully saturated rings. The molecule has 2 saturated carbocycles. The SMILES string of the molecule is CC(=O)C1CCC2C3C=CC4=CC(=O)C=CC4C3CCC12C. The molecule has 6 atom stereocenters. The van der Waals surface area contributed by atoms with Crippen LogP contribution in [0.3, 0.4) is 0 Å². The summed E-state index contributed by atoms with van der Waals surface area (Å²) in [6.07, 6.45) is 14.8. The molecule has 0 aliphatic heterocycles. The van der Waals surface area contributed by atoms with Crippen molar-refractivity contribution in [2.24, 2.45) is 35.0 Å². The Bertz CT molecular complexity index is 624. The quantitative estimate of drug-likeness (QED) is 0.735. The van der Waals surface area contributed by atoms with Crippen LogP contribution < -0.4 is 0 Å². The lowest BCUT2D eigenvalue weighted by atomic mass is 9.53. The highest BCUT2D eigenvalue weighted by Gasteiger charge is 2.56. The number of carbonyl (C=O) groups is 2. The van der Waals surface area contributed by atoms with Crippen LogP contribution in [0.4, 0.5) is 0 Å². The summed E-state index contributed by atoms with van der Waals surface area (Å²) >= 11 is 0. The van der Waals surface area contributed by atoms with Gasteiger partial charge in [0.05, 0.1) is 0 Å². The molecule has 0 N–H and O–H groups in total. The van der Waals surface area contributed by atoms with Gasteiger partial charge in [-0.25, -0.2) is 0 Å². The second kappa shape index (κ2) is 4.78. The lowest BCUT2D eigenvalue weighted by Crippen LogP contribution is -2.45. The Morgan fingerprint density at radius 1 is 1.18 bits per heavy atom. The van der Waals surface area contributed by atoms with Crippen LogP contribution in [0.2, 0.25) is 0 Å². The van der Waals surface area contributed by atoms with Crippen molar-refractivity contribution >= 4 is 11.6 Å². The average Bonchev–Trinajstić information content (AvgIpc) is 2.84. The molecule has 2 heteroatoms. The van der Waals surface area contributed by atoms with E-state index >= 15 is 0 Å². The molecule has 2 nitrogen and oxygen atoms in total. The Kier molecular flexibility index (Phi) is 3.08. The fraction of sp³-hybridized carbons (Fsp3) is 0.600. The van der Waals surface area contributed by atoms with Crippen LogP contribution in [0.1, 0.15) is 39.5 Å². The van der Waals surface area contributed by atoms with E-state index in [0.29, 0.717) is 29.5 Å². The third-order valence-corrected chi connectivity index (χ3v) is 7.01. The van der Waals surface area contributed by atoms with E-state index in [1.54, 1.807) is 19.1 Å². The van der Waals surface area contributed by atoms with E-state index in [0.717, 1.165) is 12.8 Å². The van der Waals surface area contributed by atoms with Crippen LogP contribution in [0.15, 0.2) is 36.0 Å². The summed E-state index contributed by atoms with van der Waals surface area (Å²) in [6, 6.07) is 0. The standard InChI is InChI=1S/C20H24O2/c1-12(21)18-7-8-19-17-5-3-13-11-14(22)4-6-15(13)16(17)9-10-20(18,19)2/h3-6,11,15-19H,7-10H2,1-2H3. The van der Waals surface area contributed by atoms with Crippen LogP contribution in [0.5, 0.6) is 0 Å². The number of allylic oxidation sites excluding steroid dienone is 6. The largest absolute Gasteiger partial charge is 0.300 e. The lowest BCUT2D eigenvalue weighted by Gasteiger charge is -2.51. The monoisotopic (exact) mass is 296 g/mol. The highest BCUT2D eigenvalue weighted by atomic mass is 16.1. The van der Waals surface area contributed by atoms with Gasteiger partial charge in [0.1, 0.15) is 5.78 Å². The molecule has 4 rings (SSSR count). The van der Waals surface area contributed by atoms with E-state index in [1.165, 1.54) is 18.4 Å². The van der Waals surface area contributed by atoms with Crippen molar-refractivity contribution in [1.82, 2.24) is 0 Å². The Morgan fingerprint density at radius 3 is 2.77 bits per heavy atom. The third-order valence-electron chi connectivity index (χ3n) is 7.01. The fourth-order valence-electron chi connectivity index (χ4n) is 5.98. The lowest BCUT2D eigenvalue weighted by molar-refractivity contribution is -0.126. The Labute approximate surface area is 132 Å². The first-order valence-corrected chi connectivity index (χ1v) is 8.63. The van der Waals surface area contributed by atoms with Crippen molar-refractivity contribution in [3.05, 3.63) is 36.0 Å². The Hall–Kier alpha value is -1.44. The first kappa shape index (κ1) is 14.2. The number of hydrogen-bond acceptors (Lipinski definition) is 2. The van der Waals surface area contributed by atoms with Crippen molar-refractivity contribution in [2.45, 2.75) is 39.5 Å². The van der Waals surface area contributed by atoms with Crippen molar-refractivity contribution < 1.29 is 9.59 Å². The van der Waals surface area contributed by atoms with E-state index in [-0.39, 0.29) is 17.1 Å². The molecule has 0 aromatic rings. The Morgan fingerprint density at radius 2 is 2.00 bits per heavy atom. The molecule has 0 saturated heterocycles. The number of hydrogen-bond donors (Lipinski definition) is 0. The molecule has 0 bridgehead atoms. The Balaban J connectivity index is 1.69. The third kappa shape index (κ3) is 1.85. The number of rotatable bonds is 1. The summed E-state index contributed by atoms with van der Waals surface area (Å²) < 4.78 is 0. The molecule has 0 aromatic carbocycles. The van der Waals surface area contributed by atoms with E-state index in [4.69, 9.17) is 0 Å². The molecule has 6 unspecified atom stereocenters.